The van der Waals surface area contributed by atoms with Gasteiger partial charge < -0.3 is 10.5 Å². The molecule has 0 amide bonds. The number of nitrogens with two attached hydrogens (primary N) is 1. The average molecular weight is 275 g/mol. The molecule has 4 nitrogen and oxygen atoms in total. The second-order valence-corrected chi connectivity index (χ2v) is 3.27. The van der Waals surface area contributed by atoms with E-state index in [0.717, 1.165) is 6.92 Å². The minimum atomic E-state index is -5.61. The first kappa shape index (κ1) is 14.3. The summed E-state index contributed by atoms with van der Waals surface area (Å²) in [5.41, 5.74) is 5.02. The minimum Gasteiger partial charge on any atom is -0.454 e. The summed E-state index contributed by atoms with van der Waals surface area (Å²) in [5.74, 6) is -1.12. The van der Waals surface area contributed by atoms with E-state index in [1.165, 1.54) is 0 Å². The molecular weight excluding hydrogens is 268 g/mol. The number of hydrogen-bond acceptors (Lipinski definition) is 4. The van der Waals surface area contributed by atoms with Crippen molar-refractivity contribution < 1.29 is 31.1 Å². The van der Waals surface area contributed by atoms with Gasteiger partial charge in [-0.15, -0.1) is 0 Å². The van der Waals surface area contributed by atoms with Crippen molar-refractivity contribution in [2.75, 3.05) is 5.73 Å². The predicted octanol–water partition coefficient (Wildman–Crippen LogP) is 2.24. The van der Waals surface area contributed by atoms with Crippen molar-refractivity contribution in [3.05, 3.63) is 11.9 Å². The van der Waals surface area contributed by atoms with Crippen LogP contribution in [0.4, 0.5) is 32.2 Å². The maximum Gasteiger partial charge on any atom is 0.434 e. The predicted molar refractivity (Wildman–Crippen MR) is 47.7 cm³/mol. The molecule has 0 fully saturated rings. The summed E-state index contributed by atoms with van der Waals surface area (Å²) in [6.07, 6.45) is -14.5. The van der Waals surface area contributed by atoms with Crippen LogP contribution in [-0.2, 0) is 0 Å². The third-order valence-corrected chi connectivity index (χ3v) is 1.90. The Morgan fingerprint density at radius 2 is 1.61 bits per heavy atom. The molecule has 0 radical (unpaired) electrons. The van der Waals surface area contributed by atoms with Crippen LogP contribution in [0, 0.1) is 6.92 Å². The lowest BCUT2D eigenvalue weighted by Crippen LogP contribution is -2.46. The first-order chi connectivity index (χ1) is 8.03. The third-order valence-electron chi connectivity index (χ3n) is 1.90. The van der Waals surface area contributed by atoms with E-state index in [1.807, 2.05) is 0 Å². The van der Waals surface area contributed by atoms with Crippen molar-refractivity contribution >= 4 is 5.82 Å². The van der Waals surface area contributed by atoms with Crippen LogP contribution in [0.25, 0.3) is 0 Å². The Morgan fingerprint density at radius 1 is 1.11 bits per heavy atom. The number of alkyl halides is 6. The number of rotatable bonds is 2. The summed E-state index contributed by atoms with van der Waals surface area (Å²) < 4.78 is 77.2. The topological polar surface area (TPSA) is 61.0 Å². The van der Waals surface area contributed by atoms with Crippen LogP contribution < -0.4 is 10.5 Å². The van der Waals surface area contributed by atoms with E-state index in [4.69, 9.17) is 5.73 Å². The van der Waals surface area contributed by atoms with Crippen LogP contribution in [0.3, 0.4) is 0 Å². The molecule has 2 N–H and O–H groups in total. The van der Waals surface area contributed by atoms with E-state index in [9.17, 15) is 26.3 Å². The molecule has 1 rings (SSSR count). The van der Waals surface area contributed by atoms with Crippen molar-refractivity contribution in [3.63, 3.8) is 0 Å². The standard InChI is InChI=1S/C8H7F6N3O/c1-3-4(15)16-2-17-5(3)18-6(7(9,10)11)8(12,13)14/h2,6H,1H3,(H2,15,16,17). The fraction of sp³-hybridized carbons (Fsp3) is 0.500. The molecular formula is C8H7F6N3O. The van der Waals surface area contributed by atoms with E-state index in [-0.39, 0.29) is 11.4 Å². The van der Waals surface area contributed by atoms with E-state index < -0.39 is 24.3 Å². The molecule has 0 atom stereocenters. The van der Waals surface area contributed by atoms with Gasteiger partial charge in [0, 0.05) is 0 Å². The lowest BCUT2D eigenvalue weighted by atomic mass is 10.3. The van der Waals surface area contributed by atoms with Gasteiger partial charge in [-0.3, -0.25) is 0 Å². The first-order valence-corrected chi connectivity index (χ1v) is 4.40. The molecule has 0 spiro atoms. The van der Waals surface area contributed by atoms with Gasteiger partial charge in [0.15, 0.2) is 0 Å². The van der Waals surface area contributed by atoms with Crippen LogP contribution in [0.1, 0.15) is 5.56 Å². The largest absolute Gasteiger partial charge is 0.454 e. The molecule has 0 saturated heterocycles. The maximum absolute atomic E-state index is 12.2. The Balaban J connectivity index is 3.09. The monoisotopic (exact) mass is 275 g/mol. The Bertz CT molecular complexity index is 416. The smallest absolute Gasteiger partial charge is 0.434 e. The van der Waals surface area contributed by atoms with Crippen molar-refractivity contribution in [1.82, 2.24) is 9.97 Å². The second kappa shape index (κ2) is 4.50. The molecule has 102 valence electrons. The minimum absolute atomic E-state index is 0.198. The summed E-state index contributed by atoms with van der Waals surface area (Å²) in [7, 11) is 0. The zero-order chi connectivity index (χ0) is 14.1. The van der Waals surface area contributed by atoms with Gasteiger partial charge >= 0.3 is 12.4 Å². The van der Waals surface area contributed by atoms with Gasteiger partial charge in [-0.1, -0.05) is 0 Å². The van der Waals surface area contributed by atoms with E-state index in [1.54, 1.807) is 0 Å². The Kier molecular flexibility index (Phi) is 3.58. The zero-order valence-electron chi connectivity index (χ0n) is 8.80. The molecule has 1 aromatic rings. The normalized spacial score (nSPS) is 12.9. The first-order valence-electron chi connectivity index (χ1n) is 4.40. The quantitative estimate of drug-likeness (QED) is 0.841. The maximum atomic E-state index is 12.2. The van der Waals surface area contributed by atoms with Crippen LogP contribution in [0.15, 0.2) is 6.33 Å². The van der Waals surface area contributed by atoms with Crippen LogP contribution >= 0.6 is 0 Å². The highest BCUT2D eigenvalue weighted by molar-refractivity contribution is 5.43. The van der Waals surface area contributed by atoms with Gasteiger partial charge in [-0.25, -0.2) is 9.97 Å². The number of nitrogen functional groups attached to an aromatic ring is 1. The Morgan fingerprint density at radius 3 is 2.06 bits per heavy atom. The van der Waals surface area contributed by atoms with Crippen LogP contribution in [-0.4, -0.2) is 28.4 Å². The van der Waals surface area contributed by atoms with Gasteiger partial charge in [0.2, 0.25) is 5.88 Å². The number of anilines is 1. The summed E-state index contributed by atoms with van der Waals surface area (Å²) in [5, 5.41) is 0. The summed E-state index contributed by atoms with van der Waals surface area (Å²) in [4.78, 5) is 6.59. The van der Waals surface area contributed by atoms with Gasteiger partial charge in [-0.2, -0.15) is 26.3 Å². The molecule has 0 aliphatic carbocycles. The Hall–Kier alpha value is -1.74. The van der Waals surface area contributed by atoms with Gasteiger partial charge in [0.1, 0.15) is 12.1 Å². The molecule has 0 aliphatic heterocycles. The van der Waals surface area contributed by atoms with Crippen LogP contribution in [0.2, 0.25) is 0 Å². The van der Waals surface area contributed by atoms with Crippen molar-refractivity contribution in [2.24, 2.45) is 0 Å². The highest BCUT2D eigenvalue weighted by Crippen LogP contribution is 2.36. The van der Waals surface area contributed by atoms with E-state index in [2.05, 4.69) is 14.7 Å². The second-order valence-electron chi connectivity index (χ2n) is 3.27. The van der Waals surface area contributed by atoms with E-state index >= 15 is 0 Å². The molecule has 0 aliphatic rings. The average Bonchev–Trinajstić information content (AvgIpc) is 2.16. The molecule has 0 saturated carbocycles. The van der Waals surface area contributed by atoms with Crippen molar-refractivity contribution in [3.8, 4) is 5.88 Å². The zero-order valence-corrected chi connectivity index (χ0v) is 8.80. The lowest BCUT2D eigenvalue weighted by Gasteiger charge is -2.23. The van der Waals surface area contributed by atoms with E-state index in [0.29, 0.717) is 6.33 Å². The van der Waals surface area contributed by atoms with Crippen molar-refractivity contribution in [2.45, 2.75) is 25.4 Å². The fourth-order valence-electron chi connectivity index (χ4n) is 0.996. The van der Waals surface area contributed by atoms with Gasteiger partial charge in [0.05, 0.1) is 5.56 Å². The molecule has 0 aromatic carbocycles. The summed E-state index contributed by atoms with van der Waals surface area (Å²) >= 11 is 0. The van der Waals surface area contributed by atoms with Gasteiger partial charge in [-0.05, 0) is 6.92 Å². The fourth-order valence-corrected chi connectivity index (χ4v) is 0.996. The molecule has 0 bridgehead atoms. The number of nitrogens with zero attached hydrogens (tertiary/aromatic N) is 2. The highest BCUT2D eigenvalue weighted by Gasteiger charge is 2.59. The molecule has 10 heteroatoms. The van der Waals surface area contributed by atoms with Crippen molar-refractivity contribution in [1.29, 1.82) is 0 Å². The number of hydrogen-bond donors (Lipinski definition) is 1. The molecule has 1 heterocycles. The number of aromatic nitrogens is 2. The summed E-state index contributed by atoms with van der Waals surface area (Å²) in [6, 6.07) is 0. The third kappa shape index (κ3) is 3.14. The molecule has 0 unspecified atom stereocenters. The SMILES string of the molecule is Cc1c(N)ncnc1OC(C(F)(F)F)C(F)(F)F. The molecule has 18 heavy (non-hydrogen) atoms. The molecule has 1 aromatic heterocycles. The summed E-state index contributed by atoms with van der Waals surface area (Å²) in [6.45, 7) is 1.15. The Labute approximate surface area is 96.8 Å². The van der Waals surface area contributed by atoms with Gasteiger partial charge in [0.25, 0.3) is 6.10 Å². The van der Waals surface area contributed by atoms with Crippen LogP contribution in [0.5, 0.6) is 5.88 Å². The highest BCUT2D eigenvalue weighted by atomic mass is 19.4. The lowest BCUT2D eigenvalue weighted by molar-refractivity contribution is -0.300. The number of halogens is 6. The number of ether oxygens (including phenoxy) is 1.